The largest absolute Gasteiger partial charge is 0.433 e. The highest BCUT2D eigenvalue weighted by Crippen LogP contribution is 2.35. The van der Waals surface area contributed by atoms with Crippen molar-refractivity contribution in [3.8, 4) is 11.3 Å². The molecule has 1 fully saturated rings. The Kier molecular flexibility index (Phi) is 4.98. The summed E-state index contributed by atoms with van der Waals surface area (Å²) in [6.07, 6.45) is -2.02. The predicted octanol–water partition coefficient (Wildman–Crippen LogP) is 5.08. The summed E-state index contributed by atoms with van der Waals surface area (Å²) in [5.41, 5.74) is -0.807. The van der Waals surface area contributed by atoms with Crippen LogP contribution in [-0.2, 0) is 6.18 Å². The first-order valence-electron chi connectivity index (χ1n) is 9.30. The average Bonchev–Trinajstić information content (AvgIpc) is 3.03. The normalized spacial score (nSPS) is 17.7. The van der Waals surface area contributed by atoms with Gasteiger partial charge in [0.25, 0.3) is 5.91 Å². The molecule has 0 radical (unpaired) electrons. The van der Waals surface area contributed by atoms with E-state index in [4.69, 9.17) is 11.6 Å². The number of carbonyl (C=O) groups is 1. The number of hydrogen-bond acceptors (Lipinski definition) is 3. The lowest BCUT2D eigenvalue weighted by atomic mass is 10.0. The molecule has 0 aliphatic carbocycles. The summed E-state index contributed by atoms with van der Waals surface area (Å²) >= 11 is 6.34. The van der Waals surface area contributed by atoms with Crippen molar-refractivity contribution >= 4 is 23.2 Å². The number of piperidine rings is 1. The molecule has 0 saturated carbocycles. The fourth-order valence-corrected chi connectivity index (χ4v) is 3.86. The second kappa shape index (κ2) is 7.33. The Morgan fingerprint density at radius 2 is 1.93 bits per heavy atom. The van der Waals surface area contributed by atoms with Crippen molar-refractivity contribution in [2.45, 2.75) is 38.4 Å². The van der Waals surface area contributed by atoms with Crippen molar-refractivity contribution in [2.75, 3.05) is 6.54 Å². The lowest BCUT2D eigenvalue weighted by Crippen LogP contribution is -2.42. The van der Waals surface area contributed by atoms with Crippen LogP contribution < -0.4 is 0 Å². The number of carbonyl (C=O) groups excluding carboxylic acids is 1. The molecular formula is C20H18ClF3N4O. The van der Waals surface area contributed by atoms with E-state index in [0.717, 1.165) is 25.3 Å². The standard InChI is InChI=1S/C20H18ClF3N4O/c1-12-7-5-6-10-27(12)19(29)17-16(21)18-25-14(13-8-3-2-4-9-13)11-15(20(22,23)24)28(18)26-17/h2-4,8-9,11-12H,5-7,10H2,1H3/t12-/m0/s1. The van der Waals surface area contributed by atoms with Gasteiger partial charge in [-0.2, -0.15) is 18.3 Å². The molecule has 29 heavy (non-hydrogen) atoms. The van der Waals surface area contributed by atoms with Gasteiger partial charge in [-0.15, -0.1) is 0 Å². The molecule has 1 aromatic carbocycles. The number of halogens is 4. The van der Waals surface area contributed by atoms with E-state index in [2.05, 4.69) is 10.1 Å². The third-order valence-corrected chi connectivity index (χ3v) is 5.51. The molecule has 2 aromatic heterocycles. The van der Waals surface area contributed by atoms with Gasteiger partial charge in [-0.1, -0.05) is 41.9 Å². The molecule has 5 nitrogen and oxygen atoms in total. The van der Waals surface area contributed by atoms with Crippen molar-refractivity contribution in [1.82, 2.24) is 19.5 Å². The second-order valence-corrected chi connectivity index (χ2v) is 7.51. The molecule has 4 rings (SSSR count). The van der Waals surface area contributed by atoms with Crippen LogP contribution in [-0.4, -0.2) is 38.0 Å². The van der Waals surface area contributed by atoms with Crippen LogP contribution in [0.3, 0.4) is 0 Å². The van der Waals surface area contributed by atoms with Crippen LogP contribution in [0.2, 0.25) is 5.02 Å². The molecular weight excluding hydrogens is 405 g/mol. The zero-order chi connectivity index (χ0) is 20.8. The number of aromatic nitrogens is 3. The molecule has 1 aliphatic heterocycles. The van der Waals surface area contributed by atoms with Gasteiger partial charge in [0.15, 0.2) is 17.0 Å². The van der Waals surface area contributed by atoms with Crippen molar-refractivity contribution in [3.63, 3.8) is 0 Å². The van der Waals surface area contributed by atoms with Crippen LogP contribution >= 0.6 is 11.6 Å². The number of hydrogen-bond donors (Lipinski definition) is 0. The minimum Gasteiger partial charge on any atom is -0.335 e. The molecule has 1 aliphatic rings. The summed E-state index contributed by atoms with van der Waals surface area (Å²) in [4.78, 5) is 18.9. The Balaban J connectivity index is 1.89. The Morgan fingerprint density at radius 1 is 1.21 bits per heavy atom. The minimum atomic E-state index is -4.70. The zero-order valence-electron chi connectivity index (χ0n) is 15.6. The highest BCUT2D eigenvalue weighted by molar-refractivity contribution is 6.36. The molecule has 0 spiro atoms. The molecule has 152 valence electrons. The van der Waals surface area contributed by atoms with Crippen molar-refractivity contribution in [2.24, 2.45) is 0 Å². The summed E-state index contributed by atoms with van der Waals surface area (Å²) in [6.45, 7) is 2.44. The van der Waals surface area contributed by atoms with E-state index in [-0.39, 0.29) is 28.1 Å². The van der Waals surface area contributed by atoms with Gasteiger partial charge in [-0.3, -0.25) is 4.79 Å². The zero-order valence-corrected chi connectivity index (χ0v) is 16.3. The van der Waals surface area contributed by atoms with Gasteiger partial charge in [0.1, 0.15) is 5.02 Å². The van der Waals surface area contributed by atoms with Gasteiger partial charge in [0.05, 0.1) is 5.69 Å². The quantitative estimate of drug-likeness (QED) is 0.578. The monoisotopic (exact) mass is 422 g/mol. The number of benzene rings is 1. The van der Waals surface area contributed by atoms with Crippen LogP contribution in [0.1, 0.15) is 42.4 Å². The number of nitrogens with zero attached hydrogens (tertiary/aromatic N) is 4. The fraction of sp³-hybridized carbons (Fsp3) is 0.350. The summed E-state index contributed by atoms with van der Waals surface area (Å²) in [5, 5.41) is 3.76. The van der Waals surface area contributed by atoms with Crippen molar-refractivity contribution in [3.05, 3.63) is 52.8 Å². The van der Waals surface area contributed by atoms with Gasteiger partial charge in [0, 0.05) is 18.2 Å². The Bertz CT molecular complexity index is 1070. The lowest BCUT2D eigenvalue weighted by Gasteiger charge is -2.32. The fourth-order valence-electron chi connectivity index (χ4n) is 3.62. The van der Waals surface area contributed by atoms with Crippen LogP contribution in [0.25, 0.3) is 16.9 Å². The van der Waals surface area contributed by atoms with E-state index in [9.17, 15) is 18.0 Å². The first-order chi connectivity index (χ1) is 13.8. The number of likely N-dealkylation sites (tertiary alicyclic amines) is 1. The van der Waals surface area contributed by atoms with Crippen molar-refractivity contribution < 1.29 is 18.0 Å². The van der Waals surface area contributed by atoms with E-state index in [0.29, 0.717) is 16.6 Å². The number of alkyl halides is 3. The maximum Gasteiger partial charge on any atom is 0.433 e. The summed E-state index contributed by atoms with van der Waals surface area (Å²) in [6, 6.07) is 9.39. The molecule has 3 heterocycles. The first kappa shape index (κ1) is 19.7. The minimum absolute atomic E-state index is 0.0212. The molecule has 1 amide bonds. The summed E-state index contributed by atoms with van der Waals surface area (Å²) < 4.78 is 41.9. The van der Waals surface area contributed by atoms with Gasteiger partial charge in [-0.25, -0.2) is 9.50 Å². The van der Waals surface area contributed by atoms with E-state index in [1.165, 1.54) is 0 Å². The summed E-state index contributed by atoms with van der Waals surface area (Å²) in [5.74, 6) is -0.470. The average molecular weight is 423 g/mol. The second-order valence-electron chi connectivity index (χ2n) is 7.13. The highest BCUT2D eigenvalue weighted by atomic mass is 35.5. The Labute approximate surface area is 170 Å². The van der Waals surface area contributed by atoms with E-state index >= 15 is 0 Å². The predicted molar refractivity (Wildman–Crippen MR) is 103 cm³/mol. The van der Waals surface area contributed by atoms with Crippen LogP contribution in [0, 0.1) is 0 Å². The maximum atomic E-state index is 13.7. The molecule has 0 unspecified atom stereocenters. The van der Waals surface area contributed by atoms with Crippen molar-refractivity contribution in [1.29, 1.82) is 0 Å². The first-order valence-corrected chi connectivity index (χ1v) is 9.68. The molecule has 0 bridgehead atoms. The smallest absolute Gasteiger partial charge is 0.335 e. The van der Waals surface area contributed by atoms with Crippen LogP contribution in [0.4, 0.5) is 13.2 Å². The Morgan fingerprint density at radius 3 is 2.59 bits per heavy atom. The van der Waals surface area contributed by atoms with Crippen LogP contribution in [0.5, 0.6) is 0 Å². The van der Waals surface area contributed by atoms with Crippen LogP contribution in [0.15, 0.2) is 36.4 Å². The number of amides is 1. The Hall–Kier alpha value is -2.61. The molecule has 1 atom stereocenters. The lowest BCUT2D eigenvalue weighted by molar-refractivity contribution is -0.142. The molecule has 1 saturated heterocycles. The molecule has 3 aromatic rings. The van der Waals surface area contributed by atoms with E-state index < -0.39 is 17.8 Å². The topological polar surface area (TPSA) is 50.5 Å². The third kappa shape index (κ3) is 3.57. The van der Waals surface area contributed by atoms with E-state index in [1.54, 1.807) is 35.2 Å². The van der Waals surface area contributed by atoms with Gasteiger partial charge in [0.2, 0.25) is 0 Å². The molecule has 0 N–H and O–H groups in total. The van der Waals surface area contributed by atoms with Gasteiger partial charge in [-0.05, 0) is 32.3 Å². The highest BCUT2D eigenvalue weighted by Gasteiger charge is 2.37. The molecule has 9 heteroatoms. The number of rotatable bonds is 2. The maximum absolute atomic E-state index is 13.7. The third-order valence-electron chi connectivity index (χ3n) is 5.16. The number of fused-ring (bicyclic) bond motifs is 1. The van der Waals surface area contributed by atoms with Gasteiger partial charge >= 0.3 is 6.18 Å². The van der Waals surface area contributed by atoms with E-state index in [1.807, 2.05) is 6.92 Å². The van der Waals surface area contributed by atoms with Gasteiger partial charge < -0.3 is 4.90 Å². The SMILES string of the molecule is C[C@H]1CCCCN1C(=O)c1nn2c(C(F)(F)F)cc(-c3ccccc3)nc2c1Cl. The summed E-state index contributed by atoms with van der Waals surface area (Å²) in [7, 11) is 0.